The number of allylic oxidation sites excluding steroid dienone is 1. The van der Waals surface area contributed by atoms with Crippen LogP contribution >= 0.6 is 0 Å². The number of nitrogens with zero attached hydrogens (tertiary/aromatic N) is 2. The van der Waals surface area contributed by atoms with Crippen LogP contribution in [0, 0.1) is 11.3 Å². The second kappa shape index (κ2) is 3.08. The van der Waals surface area contributed by atoms with Crippen molar-refractivity contribution in [1.29, 1.82) is 5.26 Å². The monoisotopic (exact) mass is 149 g/mol. The van der Waals surface area contributed by atoms with Crippen molar-refractivity contribution < 1.29 is 4.79 Å². The van der Waals surface area contributed by atoms with Gasteiger partial charge in [0, 0.05) is 18.2 Å². The van der Waals surface area contributed by atoms with Crippen molar-refractivity contribution in [2.24, 2.45) is 10.7 Å². The van der Waals surface area contributed by atoms with Crippen molar-refractivity contribution in [3.8, 4) is 6.07 Å². The molecular weight excluding hydrogens is 142 g/mol. The van der Waals surface area contributed by atoms with Crippen molar-refractivity contribution in [2.45, 2.75) is 12.5 Å². The Morgan fingerprint density at radius 1 is 1.82 bits per heavy atom. The molecule has 2 N–H and O–H groups in total. The second-order valence-corrected chi connectivity index (χ2v) is 2.21. The second-order valence-electron chi connectivity index (χ2n) is 2.21. The first-order valence-electron chi connectivity index (χ1n) is 3.17. The van der Waals surface area contributed by atoms with Gasteiger partial charge in [-0.05, 0) is 6.08 Å². The third-order valence-electron chi connectivity index (χ3n) is 1.35. The maximum absolute atomic E-state index is 10.8. The standard InChI is InChI=1S/C7H7N3O/c8-4-6(9)3-5-1-2-10-7(5)11/h1-2,6H,3,9H2. The van der Waals surface area contributed by atoms with E-state index in [2.05, 4.69) is 4.99 Å². The predicted molar refractivity (Wildman–Crippen MR) is 39.8 cm³/mol. The summed E-state index contributed by atoms with van der Waals surface area (Å²) in [5.41, 5.74) is 5.82. The molecule has 11 heavy (non-hydrogen) atoms. The lowest BCUT2D eigenvalue weighted by Crippen LogP contribution is -2.19. The SMILES string of the molecule is N#CC(N)CC1=CC=NC1=O. The van der Waals surface area contributed by atoms with Gasteiger partial charge in [-0.15, -0.1) is 0 Å². The van der Waals surface area contributed by atoms with Gasteiger partial charge >= 0.3 is 0 Å². The fraction of sp³-hybridized carbons (Fsp3) is 0.286. The van der Waals surface area contributed by atoms with E-state index >= 15 is 0 Å². The summed E-state index contributed by atoms with van der Waals surface area (Å²) in [6, 6.07) is 1.24. The van der Waals surface area contributed by atoms with Crippen LogP contribution in [0.2, 0.25) is 0 Å². The van der Waals surface area contributed by atoms with Crippen LogP contribution in [0.25, 0.3) is 0 Å². The molecule has 56 valence electrons. The Morgan fingerprint density at radius 2 is 2.55 bits per heavy atom. The third-order valence-corrected chi connectivity index (χ3v) is 1.35. The predicted octanol–water partition coefficient (Wildman–Crippen LogP) is -0.235. The first-order valence-corrected chi connectivity index (χ1v) is 3.17. The lowest BCUT2D eigenvalue weighted by Gasteiger charge is -1.99. The van der Waals surface area contributed by atoms with Gasteiger partial charge < -0.3 is 5.73 Å². The van der Waals surface area contributed by atoms with Gasteiger partial charge in [-0.25, -0.2) is 4.99 Å². The molecule has 4 heteroatoms. The maximum Gasteiger partial charge on any atom is 0.273 e. The molecule has 1 atom stereocenters. The smallest absolute Gasteiger partial charge is 0.273 e. The van der Waals surface area contributed by atoms with Crippen molar-refractivity contribution in [3.63, 3.8) is 0 Å². The lowest BCUT2D eigenvalue weighted by atomic mass is 10.1. The zero-order chi connectivity index (χ0) is 8.27. The molecule has 0 aromatic carbocycles. The normalized spacial score (nSPS) is 17.8. The Kier molecular flexibility index (Phi) is 2.14. The number of nitrogens with two attached hydrogens (primary N) is 1. The zero-order valence-corrected chi connectivity index (χ0v) is 5.82. The Labute approximate surface area is 64.0 Å². The molecule has 1 heterocycles. The Morgan fingerprint density at radius 3 is 3.00 bits per heavy atom. The molecule has 0 bridgehead atoms. The Balaban J connectivity index is 2.54. The van der Waals surface area contributed by atoms with Gasteiger partial charge in [0.25, 0.3) is 5.91 Å². The zero-order valence-electron chi connectivity index (χ0n) is 5.82. The number of hydrogen-bond acceptors (Lipinski definition) is 3. The topological polar surface area (TPSA) is 79.2 Å². The fourth-order valence-corrected chi connectivity index (χ4v) is 0.787. The molecule has 4 nitrogen and oxygen atoms in total. The van der Waals surface area contributed by atoms with Crippen LogP contribution in [0.4, 0.5) is 0 Å². The minimum atomic E-state index is -0.605. The molecule has 0 fully saturated rings. The van der Waals surface area contributed by atoms with Crippen LogP contribution in [0.1, 0.15) is 6.42 Å². The summed E-state index contributed by atoms with van der Waals surface area (Å²) in [7, 11) is 0. The van der Waals surface area contributed by atoms with Crippen LogP contribution in [-0.4, -0.2) is 18.2 Å². The van der Waals surface area contributed by atoms with Gasteiger partial charge in [-0.1, -0.05) is 0 Å². The van der Waals surface area contributed by atoms with E-state index < -0.39 is 6.04 Å². The van der Waals surface area contributed by atoms with Crippen molar-refractivity contribution in [3.05, 3.63) is 11.6 Å². The highest BCUT2D eigenvalue weighted by atomic mass is 16.1. The van der Waals surface area contributed by atoms with Gasteiger partial charge in [0.2, 0.25) is 0 Å². The van der Waals surface area contributed by atoms with E-state index in [9.17, 15) is 4.79 Å². The summed E-state index contributed by atoms with van der Waals surface area (Å²) in [6.45, 7) is 0. The number of carbonyl (C=O) groups excluding carboxylic acids is 1. The number of hydrogen-bond donors (Lipinski definition) is 1. The molecule has 0 saturated carbocycles. The van der Waals surface area contributed by atoms with E-state index in [1.807, 2.05) is 6.07 Å². The molecular formula is C7H7N3O. The van der Waals surface area contributed by atoms with Crippen LogP contribution in [0.3, 0.4) is 0 Å². The molecule has 1 amide bonds. The van der Waals surface area contributed by atoms with Gasteiger partial charge in [0.05, 0.1) is 12.1 Å². The van der Waals surface area contributed by atoms with E-state index in [-0.39, 0.29) is 12.3 Å². The van der Waals surface area contributed by atoms with Crippen molar-refractivity contribution >= 4 is 12.1 Å². The van der Waals surface area contributed by atoms with Crippen LogP contribution in [-0.2, 0) is 4.79 Å². The Bertz CT molecular complexity index is 272. The fourth-order valence-electron chi connectivity index (χ4n) is 0.787. The van der Waals surface area contributed by atoms with E-state index in [4.69, 9.17) is 11.0 Å². The third kappa shape index (κ3) is 1.72. The van der Waals surface area contributed by atoms with E-state index in [0.29, 0.717) is 5.57 Å². The van der Waals surface area contributed by atoms with Gasteiger partial charge in [-0.2, -0.15) is 5.26 Å². The highest BCUT2D eigenvalue weighted by Crippen LogP contribution is 2.09. The van der Waals surface area contributed by atoms with E-state index in [0.717, 1.165) is 0 Å². The van der Waals surface area contributed by atoms with E-state index in [1.165, 1.54) is 6.21 Å². The highest BCUT2D eigenvalue weighted by Gasteiger charge is 2.14. The number of amides is 1. The summed E-state index contributed by atoms with van der Waals surface area (Å²) in [5.74, 6) is -0.282. The van der Waals surface area contributed by atoms with Crippen LogP contribution < -0.4 is 5.73 Å². The summed E-state index contributed by atoms with van der Waals surface area (Å²) in [4.78, 5) is 14.3. The van der Waals surface area contributed by atoms with Crippen LogP contribution in [0.15, 0.2) is 16.6 Å². The van der Waals surface area contributed by atoms with Gasteiger partial charge in [0.1, 0.15) is 0 Å². The maximum atomic E-state index is 10.8. The summed E-state index contributed by atoms with van der Waals surface area (Å²) < 4.78 is 0. The van der Waals surface area contributed by atoms with Crippen molar-refractivity contribution in [2.75, 3.05) is 0 Å². The van der Waals surface area contributed by atoms with Gasteiger partial charge in [0.15, 0.2) is 0 Å². The number of rotatable bonds is 2. The molecule has 0 spiro atoms. The molecule has 0 radical (unpaired) electrons. The molecule has 1 aliphatic rings. The van der Waals surface area contributed by atoms with E-state index in [1.54, 1.807) is 6.08 Å². The molecule has 0 aromatic rings. The molecule has 0 saturated heterocycles. The largest absolute Gasteiger partial charge is 0.316 e. The summed E-state index contributed by atoms with van der Waals surface area (Å²) in [6.07, 6.45) is 3.29. The lowest BCUT2D eigenvalue weighted by molar-refractivity contribution is -0.114. The minimum Gasteiger partial charge on any atom is -0.316 e. The number of carbonyl (C=O) groups is 1. The number of aliphatic imine (C=N–C) groups is 1. The summed E-state index contributed by atoms with van der Waals surface area (Å²) >= 11 is 0. The number of nitriles is 1. The average Bonchev–Trinajstić information content (AvgIpc) is 2.37. The molecule has 1 unspecified atom stereocenters. The average molecular weight is 149 g/mol. The molecule has 1 aliphatic heterocycles. The highest BCUT2D eigenvalue weighted by molar-refractivity contribution is 6.07. The van der Waals surface area contributed by atoms with Crippen LogP contribution in [0.5, 0.6) is 0 Å². The first kappa shape index (κ1) is 7.63. The van der Waals surface area contributed by atoms with Crippen molar-refractivity contribution in [1.82, 2.24) is 0 Å². The minimum absolute atomic E-state index is 0.282. The Hall–Kier alpha value is -1.47. The first-order chi connectivity index (χ1) is 5.24. The quantitative estimate of drug-likeness (QED) is 0.588. The molecule has 0 aromatic heterocycles. The summed E-state index contributed by atoms with van der Waals surface area (Å²) in [5, 5.41) is 8.33. The molecule has 1 rings (SSSR count). The molecule has 0 aliphatic carbocycles. The van der Waals surface area contributed by atoms with Gasteiger partial charge in [-0.3, -0.25) is 4.79 Å².